The summed E-state index contributed by atoms with van der Waals surface area (Å²) in [5.41, 5.74) is 8.49. The lowest BCUT2D eigenvalue weighted by Crippen LogP contribution is -2.35. The van der Waals surface area contributed by atoms with E-state index in [1.165, 1.54) is 4.68 Å². The molecule has 198 valence electrons. The number of aryl methyl sites for hydroxylation is 1. The summed E-state index contributed by atoms with van der Waals surface area (Å²) >= 11 is 1.58. The highest BCUT2D eigenvalue weighted by molar-refractivity contribution is 7.09. The standard InChI is InChI=1S/C27H27N9O2S/c1-17-16-39-24(30-17)21-9-6-11-35(21)25(37)19-13-20(31-22(14-19)36-12-10-29-34-36)23-32-33-26(38-23)27(2,28)15-18-7-4-3-5-8-18/h3-5,7-8,10,12-14,16,21H,6,9,11,15,28H2,1-2H3/t21-,27-/m1/s1. The first-order valence-corrected chi connectivity index (χ1v) is 13.5. The van der Waals surface area contributed by atoms with E-state index in [4.69, 9.17) is 10.2 Å². The van der Waals surface area contributed by atoms with Gasteiger partial charge in [0.2, 0.25) is 5.89 Å². The number of thiazole rings is 1. The van der Waals surface area contributed by atoms with Gasteiger partial charge in [-0.05, 0) is 50.8 Å². The highest BCUT2D eigenvalue weighted by Gasteiger charge is 2.34. The molecule has 6 rings (SSSR count). The van der Waals surface area contributed by atoms with Crippen LogP contribution in [0.5, 0.6) is 0 Å². The van der Waals surface area contributed by atoms with E-state index in [9.17, 15) is 4.79 Å². The Hall–Kier alpha value is -4.29. The Kier molecular flexibility index (Phi) is 6.49. The predicted molar refractivity (Wildman–Crippen MR) is 144 cm³/mol. The molecule has 12 heteroatoms. The maximum atomic E-state index is 13.9. The largest absolute Gasteiger partial charge is 0.417 e. The van der Waals surface area contributed by atoms with Gasteiger partial charge in [-0.3, -0.25) is 4.79 Å². The molecule has 0 saturated carbocycles. The molecule has 0 unspecified atom stereocenters. The van der Waals surface area contributed by atoms with Crippen molar-refractivity contribution in [3.63, 3.8) is 0 Å². The molecule has 0 radical (unpaired) electrons. The molecular formula is C27H27N9O2S. The fraction of sp³-hybridized carbons (Fsp3) is 0.296. The molecule has 0 aliphatic carbocycles. The van der Waals surface area contributed by atoms with Gasteiger partial charge < -0.3 is 15.1 Å². The number of nitrogens with two attached hydrogens (primary N) is 1. The quantitative estimate of drug-likeness (QED) is 0.325. The zero-order valence-corrected chi connectivity index (χ0v) is 22.4. The number of nitrogens with zero attached hydrogens (tertiary/aromatic N) is 8. The molecule has 0 spiro atoms. The van der Waals surface area contributed by atoms with Crippen molar-refractivity contribution in [2.24, 2.45) is 5.73 Å². The molecule has 2 N–H and O–H groups in total. The van der Waals surface area contributed by atoms with Crippen molar-refractivity contribution in [1.29, 1.82) is 0 Å². The van der Waals surface area contributed by atoms with Crippen LogP contribution in [0, 0.1) is 6.92 Å². The van der Waals surface area contributed by atoms with E-state index < -0.39 is 5.54 Å². The van der Waals surface area contributed by atoms with Gasteiger partial charge in [-0.2, -0.15) is 0 Å². The average molecular weight is 542 g/mol. The highest BCUT2D eigenvalue weighted by atomic mass is 32.1. The lowest BCUT2D eigenvalue weighted by atomic mass is 9.94. The van der Waals surface area contributed by atoms with Gasteiger partial charge in [0.1, 0.15) is 10.7 Å². The lowest BCUT2D eigenvalue weighted by molar-refractivity contribution is 0.0735. The van der Waals surface area contributed by atoms with Crippen molar-refractivity contribution in [3.05, 3.63) is 88.0 Å². The van der Waals surface area contributed by atoms with Crippen LogP contribution < -0.4 is 5.73 Å². The number of benzene rings is 1. The van der Waals surface area contributed by atoms with Crippen LogP contribution in [-0.2, 0) is 12.0 Å². The van der Waals surface area contributed by atoms with E-state index in [0.29, 0.717) is 30.0 Å². The SMILES string of the molecule is Cc1csc([C@H]2CCCN2C(=O)c2cc(-c3nnc([C@](C)(N)Cc4ccccc4)o3)nc(-n3ccnn3)c2)n1. The van der Waals surface area contributed by atoms with Crippen LogP contribution in [0.2, 0.25) is 0 Å². The Morgan fingerprint density at radius 2 is 2.05 bits per heavy atom. The number of hydrogen-bond acceptors (Lipinski definition) is 10. The molecule has 1 amide bonds. The number of pyridine rings is 1. The van der Waals surface area contributed by atoms with Crippen LogP contribution in [0.1, 0.15) is 58.3 Å². The number of carbonyl (C=O) groups excluding carboxylic acids is 1. The van der Waals surface area contributed by atoms with E-state index >= 15 is 0 Å². The van der Waals surface area contributed by atoms with Gasteiger partial charge in [0, 0.05) is 23.2 Å². The van der Waals surface area contributed by atoms with Crippen LogP contribution in [0.3, 0.4) is 0 Å². The van der Waals surface area contributed by atoms with Crippen molar-refractivity contribution in [2.45, 2.75) is 44.7 Å². The number of hydrogen-bond donors (Lipinski definition) is 1. The van der Waals surface area contributed by atoms with E-state index in [0.717, 1.165) is 29.1 Å². The molecule has 2 atom stereocenters. The lowest BCUT2D eigenvalue weighted by Gasteiger charge is -2.23. The summed E-state index contributed by atoms with van der Waals surface area (Å²) in [6.07, 6.45) is 5.50. The number of amides is 1. The normalized spacial score (nSPS) is 16.9. The second-order valence-corrected chi connectivity index (χ2v) is 10.8. The molecule has 0 bridgehead atoms. The maximum Gasteiger partial charge on any atom is 0.266 e. The molecule has 1 aliphatic heterocycles. The van der Waals surface area contributed by atoms with Crippen molar-refractivity contribution < 1.29 is 9.21 Å². The second-order valence-electron chi connectivity index (χ2n) is 9.92. The monoisotopic (exact) mass is 541 g/mol. The summed E-state index contributed by atoms with van der Waals surface area (Å²) in [5.74, 6) is 0.733. The first-order valence-electron chi connectivity index (χ1n) is 12.7. The van der Waals surface area contributed by atoms with Crippen LogP contribution >= 0.6 is 11.3 Å². The van der Waals surface area contributed by atoms with Gasteiger partial charge in [-0.1, -0.05) is 35.5 Å². The van der Waals surface area contributed by atoms with E-state index in [-0.39, 0.29) is 23.7 Å². The second kappa shape index (κ2) is 10.1. The molecule has 5 heterocycles. The number of aromatic nitrogens is 7. The topological polar surface area (TPSA) is 142 Å². The zero-order valence-electron chi connectivity index (χ0n) is 21.6. The smallest absolute Gasteiger partial charge is 0.266 e. The predicted octanol–water partition coefficient (Wildman–Crippen LogP) is 3.87. The molecule has 11 nitrogen and oxygen atoms in total. The van der Waals surface area contributed by atoms with Crippen molar-refractivity contribution >= 4 is 17.2 Å². The van der Waals surface area contributed by atoms with Gasteiger partial charge >= 0.3 is 0 Å². The first-order chi connectivity index (χ1) is 18.9. The Bertz CT molecular complexity index is 1590. The third-order valence-electron chi connectivity index (χ3n) is 6.70. The van der Waals surface area contributed by atoms with Gasteiger partial charge in [0.25, 0.3) is 11.8 Å². The maximum absolute atomic E-state index is 13.9. The average Bonchev–Trinajstić information content (AvgIpc) is 3.74. The van der Waals surface area contributed by atoms with Crippen LogP contribution in [0.15, 0.2) is 64.7 Å². The molecular weight excluding hydrogens is 514 g/mol. The first kappa shape index (κ1) is 25.0. The van der Waals surface area contributed by atoms with Crippen molar-refractivity contribution in [1.82, 2.24) is 40.1 Å². The minimum absolute atomic E-state index is 0.0615. The summed E-state index contributed by atoms with van der Waals surface area (Å²) in [5, 5.41) is 19.4. The number of rotatable bonds is 7. The number of carbonyl (C=O) groups is 1. The van der Waals surface area contributed by atoms with Gasteiger partial charge in [-0.25, -0.2) is 14.6 Å². The summed E-state index contributed by atoms with van der Waals surface area (Å²) in [7, 11) is 0. The van der Waals surface area contributed by atoms with Crippen molar-refractivity contribution in [2.75, 3.05) is 6.54 Å². The fourth-order valence-corrected chi connectivity index (χ4v) is 5.75. The van der Waals surface area contributed by atoms with Crippen LogP contribution in [0.4, 0.5) is 0 Å². The molecule has 5 aromatic rings. The van der Waals surface area contributed by atoms with Gasteiger partial charge in [0.05, 0.1) is 24.0 Å². The third kappa shape index (κ3) is 5.08. The minimum atomic E-state index is -0.899. The summed E-state index contributed by atoms with van der Waals surface area (Å²) in [6.45, 7) is 4.46. The van der Waals surface area contributed by atoms with Gasteiger partial charge in [-0.15, -0.1) is 26.6 Å². The van der Waals surface area contributed by atoms with Gasteiger partial charge in [0.15, 0.2) is 5.82 Å². The summed E-state index contributed by atoms with van der Waals surface area (Å²) < 4.78 is 7.54. The van der Waals surface area contributed by atoms with Crippen LogP contribution in [0.25, 0.3) is 17.4 Å². The van der Waals surface area contributed by atoms with Crippen LogP contribution in [-0.4, -0.2) is 52.5 Å². The van der Waals surface area contributed by atoms with Crippen molar-refractivity contribution in [3.8, 4) is 17.4 Å². The summed E-state index contributed by atoms with van der Waals surface area (Å²) in [4.78, 5) is 25.0. The molecule has 4 aromatic heterocycles. The highest BCUT2D eigenvalue weighted by Crippen LogP contribution is 2.35. The minimum Gasteiger partial charge on any atom is -0.417 e. The number of likely N-dealkylation sites (tertiary alicyclic amines) is 1. The Balaban J connectivity index is 1.35. The molecule has 1 aliphatic rings. The fourth-order valence-electron chi connectivity index (χ4n) is 4.81. The Morgan fingerprint density at radius 3 is 2.79 bits per heavy atom. The third-order valence-corrected chi connectivity index (χ3v) is 7.76. The summed E-state index contributed by atoms with van der Waals surface area (Å²) in [6, 6.07) is 13.2. The molecule has 1 saturated heterocycles. The Morgan fingerprint density at radius 1 is 1.21 bits per heavy atom. The molecule has 39 heavy (non-hydrogen) atoms. The molecule has 1 fully saturated rings. The zero-order chi connectivity index (χ0) is 27.0. The molecule has 1 aromatic carbocycles. The van der Waals surface area contributed by atoms with E-state index in [1.54, 1.807) is 35.9 Å². The Labute approximate surface area is 228 Å². The van der Waals surface area contributed by atoms with E-state index in [2.05, 4.69) is 30.5 Å². The van der Waals surface area contributed by atoms with E-state index in [1.807, 2.05) is 54.5 Å².